The molecule has 10 rings (SSSR count). The number of nitrogens with zero attached hydrogens (tertiary/aromatic N) is 7. The molecule has 1 aliphatic carbocycles. The Bertz CT molecular complexity index is 2110. The predicted octanol–water partition coefficient (Wildman–Crippen LogP) is 7.16. The van der Waals surface area contributed by atoms with E-state index in [0.29, 0.717) is 0 Å². The van der Waals surface area contributed by atoms with Gasteiger partial charge in [0, 0.05) is 40.3 Å². The van der Waals surface area contributed by atoms with Gasteiger partial charge in [0.05, 0.1) is 17.6 Å². The standard InChI is InChI=1S/C38H31N7/c1-37-27-19-11-13-21-29(27)45-36(43(25-16-8-5-9-17-25)33(41-45)24-14-6-4-7-15-24)38(37,2)32(37)31-26-18-10-12-20-28(26)44-34-30(22-39-23-40-34)42(3)35(31)44/h4-23,35-36H,1-3H3/b32-31-. The third-order valence-electron chi connectivity index (χ3n) is 11.0. The monoisotopic (exact) mass is 585 g/mol. The molecule has 0 saturated heterocycles. The van der Waals surface area contributed by atoms with Gasteiger partial charge in [-0.05, 0) is 35.4 Å². The predicted molar refractivity (Wildman–Crippen MR) is 180 cm³/mol. The van der Waals surface area contributed by atoms with Crippen LogP contribution in [0.15, 0.2) is 132 Å². The average molecular weight is 586 g/mol. The molecule has 0 spiro atoms. The van der Waals surface area contributed by atoms with Gasteiger partial charge in [-0.25, -0.2) is 15.0 Å². The summed E-state index contributed by atoms with van der Waals surface area (Å²) in [4.78, 5) is 16.4. The van der Waals surface area contributed by atoms with E-state index in [1.165, 1.54) is 33.6 Å². The Morgan fingerprint density at radius 1 is 0.711 bits per heavy atom. The molecule has 0 radical (unpaired) electrons. The minimum Gasteiger partial charge on any atom is -0.346 e. The lowest BCUT2D eigenvalue weighted by Gasteiger charge is -2.42. The van der Waals surface area contributed by atoms with Gasteiger partial charge in [0.15, 0.2) is 11.7 Å². The lowest BCUT2D eigenvalue weighted by Crippen LogP contribution is -2.52. The molecule has 0 amide bonds. The van der Waals surface area contributed by atoms with Gasteiger partial charge >= 0.3 is 0 Å². The van der Waals surface area contributed by atoms with Gasteiger partial charge in [-0.15, -0.1) is 0 Å². The van der Waals surface area contributed by atoms with E-state index in [4.69, 9.17) is 10.1 Å². The van der Waals surface area contributed by atoms with Gasteiger partial charge in [-0.1, -0.05) is 98.8 Å². The van der Waals surface area contributed by atoms with Crippen molar-refractivity contribution in [3.8, 4) is 0 Å². The Morgan fingerprint density at radius 2 is 1.40 bits per heavy atom. The molecule has 0 N–H and O–H groups in total. The van der Waals surface area contributed by atoms with Gasteiger partial charge in [0.25, 0.3) is 0 Å². The molecule has 1 fully saturated rings. The second-order valence-electron chi connectivity index (χ2n) is 12.9. The molecule has 5 aliphatic rings. The molecule has 45 heavy (non-hydrogen) atoms. The zero-order valence-electron chi connectivity index (χ0n) is 25.3. The molecule has 5 heterocycles. The third kappa shape index (κ3) is 2.85. The van der Waals surface area contributed by atoms with Crippen molar-refractivity contribution in [2.24, 2.45) is 10.5 Å². The van der Waals surface area contributed by atoms with Crippen molar-refractivity contribution in [2.45, 2.75) is 31.6 Å². The molecule has 218 valence electrons. The topological polar surface area (TPSA) is 51.1 Å². The van der Waals surface area contributed by atoms with Gasteiger partial charge in [0.2, 0.25) is 0 Å². The van der Waals surface area contributed by atoms with Gasteiger partial charge in [-0.2, -0.15) is 5.10 Å². The van der Waals surface area contributed by atoms with Crippen LogP contribution in [0.25, 0.3) is 5.57 Å². The van der Waals surface area contributed by atoms with Crippen LogP contribution in [0.4, 0.5) is 28.6 Å². The summed E-state index contributed by atoms with van der Waals surface area (Å²) in [5.74, 6) is 1.93. The van der Waals surface area contributed by atoms with Crippen molar-refractivity contribution in [3.63, 3.8) is 0 Å². The number of anilines is 5. The number of hydrogen-bond donors (Lipinski definition) is 0. The fourth-order valence-electron chi connectivity index (χ4n) is 8.97. The zero-order valence-corrected chi connectivity index (χ0v) is 25.3. The maximum atomic E-state index is 5.47. The van der Waals surface area contributed by atoms with Gasteiger partial charge in [0.1, 0.15) is 24.3 Å². The molecule has 7 heteroatoms. The van der Waals surface area contributed by atoms with Crippen molar-refractivity contribution in [1.82, 2.24) is 9.97 Å². The second-order valence-corrected chi connectivity index (χ2v) is 12.9. The Morgan fingerprint density at radius 3 is 2.20 bits per heavy atom. The summed E-state index contributed by atoms with van der Waals surface area (Å²) in [5.41, 5.74) is 10.6. The highest BCUT2D eigenvalue weighted by Crippen LogP contribution is 2.79. The number of para-hydroxylation sites is 3. The van der Waals surface area contributed by atoms with E-state index < -0.39 is 0 Å². The smallest absolute Gasteiger partial charge is 0.162 e. The van der Waals surface area contributed by atoms with E-state index in [2.05, 4.69) is 155 Å². The average Bonchev–Trinajstić information content (AvgIpc) is 3.47. The molecule has 1 aromatic heterocycles. The summed E-state index contributed by atoms with van der Waals surface area (Å²) in [7, 11) is 2.18. The van der Waals surface area contributed by atoms with E-state index in [-0.39, 0.29) is 23.2 Å². The number of rotatable bonds is 2. The fraction of sp³-hybridized carbons (Fsp3) is 0.184. The Kier molecular flexibility index (Phi) is 4.65. The van der Waals surface area contributed by atoms with Crippen LogP contribution in [0, 0.1) is 5.41 Å². The fourth-order valence-corrected chi connectivity index (χ4v) is 8.97. The summed E-state index contributed by atoms with van der Waals surface area (Å²) >= 11 is 0. The van der Waals surface area contributed by atoms with Gasteiger partial charge < -0.3 is 9.80 Å². The van der Waals surface area contributed by atoms with Crippen molar-refractivity contribution in [2.75, 3.05) is 26.8 Å². The molecule has 4 atom stereocenters. The number of fused-ring (bicyclic) bond motifs is 11. The molecule has 0 bridgehead atoms. The number of benzene rings is 4. The Balaban J connectivity index is 1.26. The molecular formula is C38H31N7. The van der Waals surface area contributed by atoms with E-state index >= 15 is 0 Å². The zero-order chi connectivity index (χ0) is 30.1. The summed E-state index contributed by atoms with van der Waals surface area (Å²) in [6, 6.07) is 39.1. The highest BCUT2D eigenvalue weighted by atomic mass is 15.6. The van der Waals surface area contributed by atoms with Crippen LogP contribution in [0.5, 0.6) is 0 Å². The quantitative estimate of drug-likeness (QED) is 0.219. The normalized spacial score (nSPS) is 28.2. The summed E-state index contributed by atoms with van der Waals surface area (Å²) in [6.45, 7) is 4.93. The molecule has 4 aromatic carbocycles. The van der Waals surface area contributed by atoms with Crippen LogP contribution < -0.4 is 19.7 Å². The van der Waals surface area contributed by atoms with Crippen LogP contribution in [0.3, 0.4) is 0 Å². The molecule has 4 unspecified atom stereocenters. The summed E-state index contributed by atoms with van der Waals surface area (Å²) in [6.07, 6.45) is 3.53. The second kappa shape index (κ2) is 8.39. The van der Waals surface area contributed by atoms with Crippen LogP contribution in [-0.4, -0.2) is 35.2 Å². The highest BCUT2D eigenvalue weighted by molar-refractivity contribution is 6.14. The van der Waals surface area contributed by atoms with Crippen molar-refractivity contribution < 1.29 is 0 Å². The van der Waals surface area contributed by atoms with Crippen LogP contribution in [0.2, 0.25) is 0 Å². The first-order valence-corrected chi connectivity index (χ1v) is 15.6. The van der Waals surface area contributed by atoms with E-state index in [0.717, 1.165) is 28.6 Å². The Hall–Kier alpha value is -5.43. The molecular weight excluding hydrogens is 554 g/mol. The first-order chi connectivity index (χ1) is 22.0. The van der Waals surface area contributed by atoms with Gasteiger partial charge in [-0.3, -0.25) is 4.90 Å². The number of hydrazone groups is 1. The van der Waals surface area contributed by atoms with Crippen LogP contribution >= 0.6 is 0 Å². The minimum atomic E-state index is -0.267. The third-order valence-corrected chi connectivity index (χ3v) is 11.0. The number of hydrogen-bond acceptors (Lipinski definition) is 7. The summed E-state index contributed by atoms with van der Waals surface area (Å²) in [5, 5.41) is 7.77. The van der Waals surface area contributed by atoms with Crippen LogP contribution in [0.1, 0.15) is 30.5 Å². The lowest BCUT2D eigenvalue weighted by atomic mass is 9.81. The van der Waals surface area contributed by atoms with E-state index in [9.17, 15) is 0 Å². The van der Waals surface area contributed by atoms with E-state index in [1.807, 2.05) is 6.20 Å². The van der Waals surface area contributed by atoms with Crippen molar-refractivity contribution >= 4 is 40.0 Å². The SMILES string of the molecule is CN1c2cncnc2N2c3ccccc3/C(=C3\C4(C)c5ccccc5N5N=C(c6ccccc6)N(c6ccccc6)C5C34C)C12. The first kappa shape index (κ1) is 25.0. The number of aromatic nitrogens is 2. The molecule has 7 nitrogen and oxygen atoms in total. The maximum absolute atomic E-state index is 5.47. The Labute approximate surface area is 262 Å². The highest BCUT2D eigenvalue weighted by Gasteiger charge is 2.78. The largest absolute Gasteiger partial charge is 0.346 e. The van der Waals surface area contributed by atoms with Crippen molar-refractivity contribution in [1.29, 1.82) is 0 Å². The molecule has 4 aliphatic heterocycles. The minimum absolute atomic E-state index is 0.00921. The molecule has 1 saturated carbocycles. The van der Waals surface area contributed by atoms with Crippen molar-refractivity contribution in [3.05, 3.63) is 144 Å². The number of likely N-dealkylation sites (N-methyl/N-ethyl adjacent to an activating group) is 1. The lowest BCUT2D eigenvalue weighted by molar-refractivity contribution is 0.366. The maximum Gasteiger partial charge on any atom is 0.162 e. The van der Waals surface area contributed by atoms with Crippen LogP contribution in [-0.2, 0) is 5.41 Å². The van der Waals surface area contributed by atoms with E-state index in [1.54, 1.807) is 6.33 Å². The summed E-state index contributed by atoms with van der Waals surface area (Å²) < 4.78 is 0. The molecule has 5 aromatic rings. The first-order valence-electron chi connectivity index (χ1n) is 15.6. The number of amidine groups is 1.